The monoisotopic (exact) mass is 380 g/mol. The van der Waals surface area contributed by atoms with Crippen LogP contribution >= 0.6 is 11.6 Å². The molecule has 0 fully saturated rings. The molecular formula is C18H21ClN2O3S. The van der Waals surface area contributed by atoms with E-state index in [9.17, 15) is 13.2 Å². The number of hydrogen-bond acceptors (Lipinski definition) is 3. The number of aryl methyl sites for hydroxylation is 3. The van der Waals surface area contributed by atoms with Crippen LogP contribution in [-0.4, -0.2) is 32.2 Å². The van der Waals surface area contributed by atoms with Crippen molar-refractivity contribution in [3.8, 4) is 0 Å². The van der Waals surface area contributed by atoms with Gasteiger partial charge in [0, 0.05) is 17.8 Å². The lowest BCUT2D eigenvalue weighted by Gasteiger charge is -2.18. The SMILES string of the molecule is Cc1cc(C)c(NC(=O)CN(C)S(=O)(=O)c2cccc(Cl)c2)c(C)c1. The van der Waals surface area contributed by atoms with E-state index in [1.165, 1.54) is 19.2 Å². The summed E-state index contributed by atoms with van der Waals surface area (Å²) in [5, 5.41) is 3.12. The molecule has 0 unspecified atom stereocenters. The number of amides is 1. The van der Waals surface area contributed by atoms with Crippen LogP contribution in [0, 0.1) is 20.8 Å². The number of likely N-dealkylation sites (N-methyl/N-ethyl adjacent to an activating group) is 1. The Kier molecular flexibility index (Phi) is 5.87. The summed E-state index contributed by atoms with van der Waals surface area (Å²) >= 11 is 5.85. The Morgan fingerprint density at radius 1 is 1.12 bits per heavy atom. The fourth-order valence-electron chi connectivity index (χ4n) is 2.65. The van der Waals surface area contributed by atoms with Crippen LogP contribution in [0.3, 0.4) is 0 Å². The van der Waals surface area contributed by atoms with E-state index < -0.39 is 15.9 Å². The molecule has 2 rings (SSSR count). The summed E-state index contributed by atoms with van der Waals surface area (Å²) in [5.74, 6) is -0.400. The van der Waals surface area contributed by atoms with E-state index in [1.54, 1.807) is 12.1 Å². The van der Waals surface area contributed by atoms with Gasteiger partial charge >= 0.3 is 0 Å². The van der Waals surface area contributed by atoms with Crippen LogP contribution in [0.2, 0.25) is 5.02 Å². The quantitative estimate of drug-likeness (QED) is 0.862. The molecule has 7 heteroatoms. The van der Waals surface area contributed by atoms with Gasteiger partial charge in [-0.2, -0.15) is 4.31 Å². The number of carbonyl (C=O) groups excluding carboxylic acids is 1. The molecule has 0 spiro atoms. The largest absolute Gasteiger partial charge is 0.324 e. The second-order valence-corrected chi connectivity index (χ2v) is 8.52. The number of anilines is 1. The lowest BCUT2D eigenvalue weighted by Crippen LogP contribution is -2.35. The predicted molar refractivity (Wildman–Crippen MR) is 101 cm³/mol. The van der Waals surface area contributed by atoms with Crippen molar-refractivity contribution in [3.63, 3.8) is 0 Å². The Balaban J connectivity index is 2.15. The number of rotatable bonds is 5. The molecule has 0 aliphatic rings. The molecule has 0 aromatic heterocycles. The highest BCUT2D eigenvalue weighted by atomic mass is 35.5. The Morgan fingerprint density at radius 3 is 2.28 bits per heavy atom. The van der Waals surface area contributed by atoms with Gasteiger partial charge in [-0.3, -0.25) is 4.79 Å². The van der Waals surface area contributed by atoms with Crippen molar-refractivity contribution >= 4 is 33.2 Å². The van der Waals surface area contributed by atoms with Crippen LogP contribution < -0.4 is 5.32 Å². The molecule has 25 heavy (non-hydrogen) atoms. The van der Waals surface area contributed by atoms with Crippen LogP contribution in [-0.2, 0) is 14.8 Å². The van der Waals surface area contributed by atoms with Gasteiger partial charge in [-0.1, -0.05) is 35.4 Å². The van der Waals surface area contributed by atoms with Crippen molar-refractivity contribution in [1.29, 1.82) is 0 Å². The van der Waals surface area contributed by atoms with Gasteiger partial charge in [-0.15, -0.1) is 0 Å². The maximum Gasteiger partial charge on any atom is 0.243 e. The van der Waals surface area contributed by atoms with Crippen LogP contribution in [0.1, 0.15) is 16.7 Å². The minimum atomic E-state index is -3.79. The zero-order valence-electron chi connectivity index (χ0n) is 14.6. The summed E-state index contributed by atoms with van der Waals surface area (Å²) in [6, 6.07) is 9.89. The molecule has 0 saturated heterocycles. The molecule has 5 nitrogen and oxygen atoms in total. The molecule has 0 saturated carbocycles. The van der Waals surface area contributed by atoms with Crippen molar-refractivity contribution in [2.24, 2.45) is 0 Å². The maximum absolute atomic E-state index is 12.5. The summed E-state index contributed by atoms with van der Waals surface area (Å²) in [5.41, 5.74) is 3.69. The van der Waals surface area contributed by atoms with Crippen LogP contribution in [0.25, 0.3) is 0 Å². The van der Waals surface area contributed by atoms with E-state index in [0.29, 0.717) is 10.7 Å². The van der Waals surface area contributed by atoms with Gasteiger partial charge in [0.2, 0.25) is 15.9 Å². The van der Waals surface area contributed by atoms with Crippen molar-refractivity contribution in [1.82, 2.24) is 4.31 Å². The molecule has 1 amide bonds. The summed E-state index contributed by atoms with van der Waals surface area (Å²) in [4.78, 5) is 12.4. The van der Waals surface area contributed by atoms with Gasteiger partial charge in [0.25, 0.3) is 0 Å². The van der Waals surface area contributed by atoms with E-state index in [2.05, 4.69) is 5.32 Å². The molecule has 0 aliphatic heterocycles. The zero-order valence-corrected chi connectivity index (χ0v) is 16.2. The second-order valence-electron chi connectivity index (χ2n) is 6.04. The van der Waals surface area contributed by atoms with E-state index in [1.807, 2.05) is 32.9 Å². The van der Waals surface area contributed by atoms with Crippen molar-refractivity contribution in [2.45, 2.75) is 25.7 Å². The predicted octanol–water partition coefficient (Wildman–Crippen LogP) is 3.52. The number of nitrogens with one attached hydrogen (secondary N) is 1. The van der Waals surface area contributed by atoms with E-state index >= 15 is 0 Å². The van der Waals surface area contributed by atoms with Gasteiger partial charge in [0.05, 0.1) is 11.4 Å². The molecule has 2 aromatic carbocycles. The normalized spacial score (nSPS) is 11.6. The fraction of sp³-hybridized carbons (Fsp3) is 0.278. The number of carbonyl (C=O) groups is 1. The third-order valence-corrected chi connectivity index (χ3v) is 5.85. The Hall–Kier alpha value is -1.89. The van der Waals surface area contributed by atoms with E-state index in [0.717, 1.165) is 21.0 Å². The first-order valence-electron chi connectivity index (χ1n) is 7.71. The number of hydrogen-bond donors (Lipinski definition) is 1. The number of halogens is 1. The maximum atomic E-state index is 12.5. The van der Waals surface area contributed by atoms with Gasteiger partial charge in [-0.25, -0.2) is 8.42 Å². The molecule has 0 heterocycles. The standard InChI is InChI=1S/C18H21ClN2O3S/c1-12-8-13(2)18(14(3)9-12)20-17(22)11-21(4)25(23,24)16-7-5-6-15(19)10-16/h5-10H,11H2,1-4H3,(H,20,22). The Morgan fingerprint density at radius 2 is 1.72 bits per heavy atom. The van der Waals surface area contributed by atoms with Gasteiger partial charge in [0.15, 0.2) is 0 Å². The molecule has 0 atom stereocenters. The Bertz CT molecular complexity index is 887. The van der Waals surface area contributed by atoms with E-state index in [-0.39, 0.29) is 11.4 Å². The highest BCUT2D eigenvalue weighted by Crippen LogP contribution is 2.22. The molecule has 0 bridgehead atoms. The molecule has 0 radical (unpaired) electrons. The zero-order chi connectivity index (χ0) is 18.8. The van der Waals surface area contributed by atoms with Crippen molar-refractivity contribution in [3.05, 3.63) is 58.1 Å². The third kappa shape index (κ3) is 4.60. The average Bonchev–Trinajstić information content (AvgIpc) is 2.50. The molecule has 134 valence electrons. The summed E-state index contributed by atoms with van der Waals surface area (Å²) in [6.45, 7) is 5.50. The molecule has 0 aliphatic carbocycles. The van der Waals surface area contributed by atoms with Crippen LogP contribution in [0.15, 0.2) is 41.3 Å². The lowest BCUT2D eigenvalue weighted by atomic mass is 10.1. The summed E-state index contributed by atoms with van der Waals surface area (Å²) in [6.07, 6.45) is 0. The average molecular weight is 381 g/mol. The van der Waals surface area contributed by atoms with Crippen molar-refractivity contribution < 1.29 is 13.2 Å². The molecule has 1 N–H and O–H groups in total. The first-order valence-corrected chi connectivity index (χ1v) is 9.52. The Labute approximate surface area is 153 Å². The second kappa shape index (κ2) is 7.56. The first kappa shape index (κ1) is 19.4. The topological polar surface area (TPSA) is 66.5 Å². The highest BCUT2D eigenvalue weighted by molar-refractivity contribution is 7.89. The molecular weight excluding hydrogens is 360 g/mol. The lowest BCUT2D eigenvalue weighted by molar-refractivity contribution is -0.116. The number of benzene rings is 2. The van der Waals surface area contributed by atoms with Crippen molar-refractivity contribution in [2.75, 3.05) is 18.9 Å². The van der Waals surface area contributed by atoms with Gasteiger partial charge < -0.3 is 5.32 Å². The fourth-order valence-corrected chi connectivity index (χ4v) is 4.08. The minimum Gasteiger partial charge on any atom is -0.324 e. The summed E-state index contributed by atoms with van der Waals surface area (Å²) in [7, 11) is -2.42. The van der Waals surface area contributed by atoms with Gasteiger partial charge in [0.1, 0.15) is 0 Å². The third-order valence-electron chi connectivity index (χ3n) is 3.81. The van der Waals surface area contributed by atoms with Gasteiger partial charge in [-0.05, 0) is 50.1 Å². The highest BCUT2D eigenvalue weighted by Gasteiger charge is 2.23. The number of nitrogens with zero attached hydrogens (tertiary/aromatic N) is 1. The van der Waals surface area contributed by atoms with E-state index in [4.69, 9.17) is 11.6 Å². The number of sulfonamides is 1. The van der Waals surface area contributed by atoms with Crippen LogP contribution in [0.5, 0.6) is 0 Å². The van der Waals surface area contributed by atoms with Crippen LogP contribution in [0.4, 0.5) is 5.69 Å². The summed E-state index contributed by atoms with van der Waals surface area (Å²) < 4.78 is 26.1. The molecule has 2 aromatic rings. The minimum absolute atomic E-state index is 0.0537. The first-order chi connectivity index (χ1) is 11.6. The smallest absolute Gasteiger partial charge is 0.243 e.